The third-order valence-corrected chi connectivity index (χ3v) is 10.9. The standard InChI is InChI=1S/C52H35N3O/c1-2-14-36(15-3-1)37-28-30-39(31-29-37)53(46-25-12-17-38-16-4-5-20-43(38)46)42-32-33-48-45(35-42)44-21-6-7-22-47(44)54(48)40-18-13-19-41(34-40)55-49-23-8-10-26-51(49)56-52-27-11-9-24-50(52)55/h1-35H. The fraction of sp³-hybridized carbons (Fsp3) is 0. The molecule has 2 heterocycles. The van der Waals surface area contributed by atoms with E-state index in [0.717, 1.165) is 62.3 Å². The molecule has 4 heteroatoms. The van der Waals surface area contributed by atoms with E-state index in [-0.39, 0.29) is 0 Å². The molecule has 4 nitrogen and oxygen atoms in total. The Balaban J connectivity index is 1.08. The summed E-state index contributed by atoms with van der Waals surface area (Å²) in [6.07, 6.45) is 0. The van der Waals surface area contributed by atoms with E-state index in [1.54, 1.807) is 0 Å². The molecule has 0 atom stereocenters. The van der Waals surface area contributed by atoms with Gasteiger partial charge in [0.1, 0.15) is 0 Å². The molecule has 0 bridgehead atoms. The Morgan fingerprint density at radius 1 is 0.375 bits per heavy atom. The molecule has 0 saturated carbocycles. The summed E-state index contributed by atoms with van der Waals surface area (Å²) < 4.78 is 8.74. The molecule has 56 heavy (non-hydrogen) atoms. The van der Waals surface area contributed by atoms with E-state index >= 15 is 0 Å². The Morgan fingerprint density at radius 2 is 0.964 bits per heavy atom. The average Bonchev–Trinajstić information content (AvgIpc) is 3.60. The van der Waals surface area contributed by atoms with Crippen LogP contribution in [0.1, 0.15) is 0 Å². The normalized spacial score (nSPS) is 12.0. The number of aromatic nitrogens is 1. The topological polar surface area (TPSA) is 20.6 Å². The summed E-state index contributed by atoms with van der Waals surface area (Å²) in [5.74, 6) is 1.68. The van der Waals surface area contributed by atoms with E-state index in [2.05, 4.69) is 202 Å². The first-order valence-electron chi connectivity index (χ1n) is 19.0. The zero-order chi connectivity index (χ0) is 37.0. The van der Waals surface area contributed by atoms with Crippen molar-refractivity contribution >= 4 is 66.7 Å². The summed E-state index contributed by atoms with van der Waals surface area (Å²) in [6, 6.07) is 75.7. The smallest absolute Gasteiger partial charge is 0.151 e. The fourth-order valence-corrected chi connectivity index (χ4v) is 8.40. The lowest BCUT2D eigenvalue weighted by atomic mass is 10.0. The van der Waals surface area contributed by atoms with Crippen molar-refractivity contribution in [3.05, 3.63) is 212 Å². The Morgan fingerprint density at radius 3 is 1.77 bits per heavy atom. The maximum absolute atomic E-state index is 6.34. The lowest BCUT2D eigenvalue weighted by Gasteiger charge is -2.33. The molecule has 0 spiro atoms. The van der Waals surface area contributed by atoms with Crippen LogP contribution in [0.15, 0.2) is 212 Å². The van der Waals surface area contributed by atoms with E-state index in [4.69, 9.17) is 4.74 Å². The highest BCUT2D eigenvalue weighted by Crippen LogP contribution is 2.50. The van der Waals surface area contributed by atoms with Gasteiger partial charge in [-0.05, 0) is 101 Å². The van der Waals surface area contributed by atoms with Gasteiger partial charge in [0.25, 0.3) is 0 Å². The molecule has 11 rings (SSSR count). The number of ether oxygens (including phenoxy) is 1. The van der Waals surface area contributed by atoms with Crippen LogP contribution in [0.3, 0.4) is 0 Å². The van der Waals surface area contributed by atoms with Crippen LogP contribution in [0.25, 0.3) is 49.4 Å². The summed E-state index contributed by atoms with van der Waals surface area (Å²) in [7, 11) is 0. The van der Waals surface area contributed by atoms with Crippen LogP contribution >= 0.6 is 0 Å². The van der Waals surface area contributed by atoms with Gasteiger partial charge in [0.15, 0.2) is 11.5 Å². The summed E-state index contributed by atoms with van der Waals surface area (Å²) in [4.78, 5) is 4.70. The molecule has 0 aliphatic carbocycles. The predicted octanol–water partition coefficient (Wildman–Crippen LogP) is 14.6. The van der Waals surface area contributed by atoms with Crippen molar-refractivity contribution in [2.24, 2.45) is 0 Å². The highest BCUT2D eigenvalue weighted by atomic mass is 16.5. The van der Waals surface area contributed by atoms with Crippen molar-refractivity contribution in [1.29, 1.82) is 0 Å². The van der Waals surface area contributed by atoms with Crippen molar-refractivity contribution in [2.45, 2.75) is 0 Å². The van der Waals surface area contributed by atoms with Crippen molar-refractivity contribution in [2.75, 3.05) is 9.80 Å². The third-order valence-electron chi connectivity index (χ3n) is 10.9. The molecule has 10 aromatic rings. The van der Waals surface area contributed by atoms with Gasteiger partial charge in [0, 0.05) is 38.9 Å². The second-order valence-corrected chi connectivity index (χ2v) is 14.2. The van der Waals surface area contributed by atoms with E-state index in [1.165, 1.54) is 32.7 Å². The Labute approximate surface area is 325 Å². The second kappa shape index (κ2) is 13.1. The molecular weight excluding hydrogens is 683 g/mol. The summed E-state index contributed by atoms with van der Waals surface area (Å²) in [5, 5.41) is 4.80. The quantitative estimate of drug-likeness (QED) is 0.171. The highest BCUT2D eigenvalue weighted by molar-refractivity contribution is 6.11. The molecule has 1 aromatic heterocycles. The number of hydrogen-bond donors (Lipinski definition) is 0. The summed E-state index contributed by atoms with van der Waals surface area (Å²) in [6.45, 7) is 0. The van der Waals surface area contributed by atoms with Crippen LogP contribution < -0.4 is 14.5 Å². The second-order valence-electron chi connectivity index (χ2n) is 14.2. The SMILES string of the molecule is c1ccc(-c2ccc(N(c3ccc4c(c3)c3ccccc3n4-c3cccc(N4c5ccccc5Oc5ccccc54)c3)c3cccc4ccccc34)cc2)cc1. The number of nitrogens with zero attached hydrogens (tertiary/aromatic N) is 3. The van der Waals surface area contributed by atoms with Crippen molar-refractivity contribution in [3.8, 4) is 28.3 Å². The molecule has 0 amide bonds. The van der Waals surface area contributed by atoms with Crippen LogP contribution in [-0.4, -0.2) is 4.57 Å². The van der Waals surface area contributed by atoms with Crippen LogP contribution in [-0.2, 0) is 0 Å². The van der Waals surface area contributed by atoms with E-state index in [0.29, 0.717) is 0 Å². The van der Waals surface area contributed by atoms with Crippen molar-refractivity contribution in [1.82, 2.24) is 4.57 Å². The molecule has 264 valence electrons. The Kier molecular flexibility index (Phi) is 7.46. The fourth-order valence-electron chi connectivity index (χ4n) is 8.40. The minimum absolute atomic E-state index is 0.839. The van der Waals surface area contributed by atoms with Gasteiger partial charge < -0.3 is 19.1 Å². The van der Waals surface area contributed by atoms with Crippen LogP contribution in [0, 0.1) is 0 Å². The number of anilines is 6. The van der Waals surface area contributed by atoms with Gasteiger partial charge in [0.2, 0.25) is 0 Å². The zero-order valence-electron chi connectivity index (χ0n) is 30.5. The molecule has 1 aliphatic heterocycles. The van der Waals surface area contributed by atoms with Crippen LogP contribution in [0.4, 0.5) is 34.1 Å². The minimum Gasteiger partial charge on any atom is -0.453 e. The summed E-state index contributed by atoms with van der Waals surface area (Å²) >= 11 is 0. The van der Waals surface area contributed by atoms with Gasteiger partial charge in [-0.1, -0.05) is 127 Å². The lowest BCUT2D eigenvalue weighted by Crippen LogP contribution is -2.15. The first-order valence-corrected chi connectivity index (χ1v) is 19.0. The van der Waals surface area contributed by atoms with E-state index < -0.39 is 0 Å². The van der Waals surface area contributed by atoms with Gasteiger partial charge in [-0.2, -0.15) is 0 Å². The van der Waals surface area contributed by atoms with Gasteiger partial charge in [-0.15, -0.1) is 0 Å². The van der Waals surface area contributed by atoms with Crippen molar-refractivity contribution in [3.63, 3.8) is 0 Å². The van der Waals surface area contributed by atoms with E-state index in [1.807, 2.05) is 24.3 Å². The molecule has 1 aliphatic rings. The monoisotopic (exact) mass is 717 g/mol. The molecule has 0 unspecified atom stereocenters. The van der Waals surface area contributed by atoms with Gasteiger partial charge in [-0.25, -0.2) is 0 Å². The molecule has 0 saturated heterocycles. The van der Waals surface area contributed by atoms with Crippen LogP contribution in [0.5, 0.6) is 11.5 Å². The Bertz CT molecular complexity index is 3020. The van der Waals surface area contributed by atoms with Crippen LogP contribution in [0.2, 0.25) is 0 Å². The van der Waals surface area contributed by atoms with Crippen molar-refractivity contribution < 1.29 is 4.74 Å². The number of hydrogen-bond acceptors (Lipinski definition) is 3. The number of rotatable bonds is 6. The van der Waals surface area contributed by atoms with E-state index in [9.17, 15) is 0 Å². The lowest BCUT2D eigenvalue weighted by molar-refractivity contribution is 0.477. The van der Waals surface area contributed by atoms with Gasteiger partial charge in [-0.3, -0.25) is 0 Å². The highest BCUT2D eigenvalue weighted by Gasteiger charge is 2.26. The first-order chi connectivity index (χ1) is 27.8. The van der Waals surface area contributed by atoms with Gasteiger partial charge >= 0.3 is 0 Å². The third kappa shape index (κ3) is 5.23. The molecule has 0 radical (unpaired) electrons. The maximum Gasteiger partial charge on any atom is 0.151 e. The predicted molar refractivity (Wildman–Crippen MR) is 233 cm³/mol. The zero-order valence-corrected chi connectivity index (χ0v) is 30.5. The van der Waals surface area contributed by atoms with Gasteiger partial charge in [0.05, 0.1) is 28.1 Å². The number of fused-ring (bicyclic) bond motifs is 6. The number of benzene rings is 9. The largest absolute Gasteiger partial charge is 0.453 e. The summed E-state index contributed by atoms with van der Waals surface area (Å²) in [5.41, 5.74) is 12.2. The number of para-hydroxylation sites is 5. The molecular formula is C52H35N3O. The minimum atomic E-state index is 0.839. The molecule has 9 aromatic carbocycles. The molecule has 0 fully saturated rings. The first kappa shape index (κ1) is 31.9. The average molecular weight is 718 g/mol. The maximum atomic E-state index is 6.34. The Hall–Kier alpha value is -7.56. The molecule has 0 N–H and O–H groups in total.